The number of hydrogen-bond donors (Lipinski definition) is 1. The van der Waals surface area contributed by atoms with Gasteiger partial charge in [0.2, 0.25) is 15.9 Å². The predicted octanol–water partition coefficient (Wildman–Crippen LogP) is 2.56. The number of carbonyl (C=O) groups is 1. The van der Waals surface area contributed by atoms with E-state index < -0.39 is 10.0 Å². The summed E-state index contributed by atoms with van der Waals surface area (Å²) in [6.07, 6.45) is 7.20. The molecule has 0 radical (unpaired) electrons. The Hall–Kier alpha value is -1.15. The van der Waals surface area contributed by atoms with Crippen molar-refractivity contribution in [2.75, 3.05) is 26.2 Å². The van der Waals surface area contributed by atoms with Gasteiger partial charge >= 0.3 is 0 Å². The fourth-order valence-corrected chi connectivity index (χ4v) is 5.57. The maximum atomic E-state index is 12.7. The van der Waals surface area contributed by atoms with Crippen molar-refractivity contribution in [1.82, 2.24) is 9.21 Å². The highest BCUT2D eigenvalue weighted by atomic mass is 35.5. The Morgan fingerprint density at radius 1 is 1.00 bits per heavy atom. The first-order chi connectivity index (χ1) is 13.0. The van der Waals surface area contributed by atoms with E-state index in [2.05, 4.69) is 0 Å². The fraction of sp³-hybridized carbons (Fsp3) is 0.650. The van der Waals surface area contributed by atoms with E-state index in [0.29, 0.717) is 37.4 Å². The van der Waals surface area contributed by atoms with Gasteiger partial charge in [-0.3, -0.25) is 4.79 Å². The first-order valence-corrected chi connectivity index (χ1v) is 11.5. The Morgan fingerprint density at radius 3 is 2.29 bits per heavy atom. The molecule has 0 bridgehead atoms. The molecule has 1 aromatic rings. The summed E-state index contributed by atoms with van der Waals surface area (Å²) in [6, 6.07) is 7.19. The van der Waals surface area contributed by atoms with Crippen LogP contribution in [0.3, 0.4) is 0 Å². The molecule has 1 aromatic carbocycles. The second kappa shape index (κ2) is 10.6. The van der Waals surface area contributed by atoms with Crippen molar-refractivity contribution in [2.45, 2.75) is 62.3 Å². The summed E-state index contributed by atoms with van der Waals surface area (Å²) >= 11 is 0. The first-order valence-electron chi connectivity index (χ1n) is 10.1. The number of benzene rings is 1. The van der Waals surface area contributed by atoms with Gasteiger partial charge in [-0.15, -0.1) is 12.4 Å². The van der Waals surface area contributed by atoms with Crippen molar-refractivity contribution in [3.8, 4) is 0 Å². The van der Waals surface area contributed by atoms with Crippen LogP contribution in [-0.4, -0.2) is 55.8 Å². The van der Waals surface area contributed by atoms with Crippen LogP contribution in [0, 0.1) is 0 Å². The van der Waals surface area contributed by atoms with E-state index in [4.69, 9.17) is 5.73 Å². The molecular formula is C20H32ClN3O3S. The zero-order valence-electron chi connectivity index (χ0n) is 16.4. The Labute approximate surface area is 174 Å². The average molecular weight is 430 g/mol. The minimum Gasteiger partial charge on any atom is -0.338 e. The van der Waals surface area contributed by atoms with Crippen LogP contribution in [-0.2, 0) is 21.2 Å². The smallest absolute Gasteiger partial charge is 0.243 e. The maximum Gasteiger partial charge on any atom is 0.243 e. The van der Waals surface area contributed by atoms with Gasteiger partial charge in [0.15, 0.2) is 0 Å². The highest BCUT2D eigenvalue weighted by Gasteiger charge is 2.26. The van der Waals surface area contributed by atoms with Crippen molar-refractivity contribution < 1.29 is 13.2 Å². The van der Waals surface area contributed by atoms with E-state index in [9.17, 15) is 13.2 Å². The molecule has 0 spiro atoms. The highest BCUT2D eigenvalue weighted by Crippen LogP contribution is 2.22. The van der Waals surface area contributed by atoms with Crippen molar-refractivity contribution >= 4 is 28.3 Å². The van der Waals surface area contributed by atoms with Gasteiger partial charge in [-0.25, -0.2) is 8.42 Å². The number of halogens is 1. The Kier molecular flexibility index (Phi) is 8.74. The molecule has 2 aliphatic heterocycles. The summed E-state index contributed by atoms with van der Waals surface area (Å²) in [6.45, 7) is 2.54. The predicted molar refractivity (Wildman–Crippen MR) is 113 cm³/mol. The molecule has 1 unspecified atom stereocenters. The standard InChI is InChI=1S/C20H31N3O3S.ClH/c21-16-18-6-2-5-15-23(18)20(24)12-9-17-7-10-19(11-8-17)27(25,26)22-13-3-1-4-14-22;/h7-8,10-11,18H,1-6,9,12-16,21H2;1H. The van der Waals surface area contributed by atoms with Crippen LogP contribution in [0.2, 0.25) is 0 Å². The van der Waals surface area contributed by atoms with E-state index in [1.54, 1.807) is 16.4 Å². The van der Waals surface area contributed by atoms with Crippen molar-refractivity contribution in [2.24, 2.45) is 5.73 Å². The van der Waals surface area contributed by atoms with Crippen LogP contribution in [0.15, 0.2) is 29.2 Å². The van der Waals surface area contributed by atoms with Crippen LogP contribution in [0.5, 0.6) is 0 Å². The number of rotatable bonds is 6. The van der Waals surface area contributed by atoms with Crippen LogP contribution >= 0.6 is 12.4 Å². The summed E-state index contributed by atoms with van der Waals surface area (Å²) in [4.78, 5) is 14.8. The number of piperidine rings is 2. The third kappa shape index (κ3) is 5.47. The second-order valence-corrected chi connectivity index (χ2v) is 9.52. The third-order valence-electron chi connectivity index (χ3n) is 5.72. The van der Waals surface area contributed by atoms with E-state index in [0.717, 1.165) is 50.6 Å². The molecule has 2 aliphatic rings. The zero-order valence-corrected chi connectivity index (χ0v) is 18.0. The van der Waals surface area contributed by atoms with Crippen LogP contribution in [0.25, 0.3) is 0 Å². The lowest BCUT2D eigenvalue weighted by atomic mass is 10.0. The lowest BCUT2D eigenvalue weighted by Gasteiger charge is -2.35. The summed E-state index contributed by atoms with van der Waals surface area (Å²) in [5.74, 6) is 0.148. The Morgan fingerprint density at radius 2 is 1.64 bits per heavy atom. The third-order valence-corrected chi connectivity index (χ3v) is 7.64. The van der Waals surface area contributed by atoms with E-state index >= 15 is 0 Å². The number of likely N-dealkylation sites (tertiary alicyclic amines) is 1. The van der Waals surface area contributed by atoms with E-state index in [1.807, 2.05) is 17.0 Å². The lowest BCUT2D eigenvalue weighted by Crippen LogP contribution is -2.47. The minimum atomic E-state index is -3.39. The molecule has 8 heteroatoms. The summed E-state index contributed by atoms with van der Waals surface area (Å²) in [5, 5.41) is 0. The van der Waals surface area contributed by atoms with Gasteiger partial charge in [0.1, 0.15) is 0 Å². The molecule has 2 fully saturated rings. The molecule has 0 saturated carbocycles. The molecule has 2 N–H and O–H groups in total. The van der Waals surface area contributed by atoms with E-state index in [1.165, 1.54) is 0 Å². The lowest BCUT2D eigenvalue weighted by molar-refractivity contribution is -0.134. The first kappa shape index (κ1) is 23.1. The number of aryl methyl sites for hydroxylation is 1. The SMILES string of the molecule is Cl.NCC1CCCCN1C(=O)CCc1ccc(S(=O)(=O)N2CCCCC2)cc1. The van der Waals surface area contributed by atoms with Crippen LogP contribution < -0.4 is 5.73 Å². The summed E-state index contributed by atoms with van der Waals surface area (Å²) in [7, 11) is -3.39. The quantitative estimate of drug-likeness (QED) is 0.753. The summed E-state index contributed by atoms with van der Waals surface area (Å²) in [5.41, 5.74) is 6.79. The largest absolute Gasteiger partial charge is 0.338 e. The molecular weight excluding hydrogens is 398 g/mol. The van der Waals surface area contributed by atoms with Gasteiger partial charge in [0, 0.05) is 38.6 Å². The molecule has 1 amide bonds. The minimum absolute atomic E-state index is 0. The van der Waals surface area contributed by atoms with Gasteiger partial charge in [-0.2, -0.15) is 4.31 Å². The van der Waals surface area contributed by atoms with Crippen molar-refractivity contribution in [3.63, 3.8) is 0 Å². The molecule has 2 saturated heterocycles. The monoisotopic (exact) mass is 429 g/mol. The molecule has 0 aliphatic carbocycles. The maximum absolute atomic E-state index is 12.7. The van der Waals surface area contributed by atoms with Gasteiger partial charge in [-0.05, 0) is 56.2 Å². The molecule has 3 rings (SSSR count). The molecule has 6 nitrogen and oxygen atoms in total. The normalized spacial score (nSPS) is 21.2. The van der Waals surface area contributed by atoms with Gasteiger partial charge < -0.3 is 10.6 Å². The summed E-state index contributed by atoms with van der Waals surface area (Å²) < 4.78 is 27.0. The van der Waals surface area contributed by atoms with Gasteiger partial charge in [0.05, 0.1) is 4.90 Å². The van der Waals surface area contributed by atoms with Crippen molar-refractivity contribution in [1.29, 1.82) is 0 Å². The number of nitrogens with zero attached hydrogens (tertiary/aromatic N) is 2. The van der Waals surface area contributed by atoms with Gasteiger partial charge in [0.25, 0.3) is 0 Å². The molecule has 2 heterocycles. The molecule has 158 valence electrons. The fourth-order valence-electron chi connectivity index (χ4n) is 4.05. The Bertz CT molecular complexity index is 734. The van der Waals surface area contributed by atoms with Gasteiger partial charge in [-0.1, -0.05) is 18.6 Å². The zero-order chi connectivity index (χ0) is 19.3. The highest BCUT2D eigenvalue weighted by molar-refractivity contribution is 7.89. The average Bonchev–Trinajstić information content (AvgIpc) is 2.73. The molecule has 0 aromatic heterocycles. The second-order valence-electron chi connectivity index (χ2n) is 7.58. The number of hydrogen-bond acceptors (Lipinski definition) is 4. The van der Waals surface area contributed by atoms with Crippen LogP contribution in [0.4, 0.5) is 0 Å². The topological polar surface area (TPSA) is 83.7 Å². The molecule has 1 atom stereocenters. The number of carbonyl (C=O) groups excluding carboxylic acids is 1. The van der Waals surface area contributed by atoms with Crippen molar-refractivity contribution in [3.05, 3.63) is 29.8 Å². The number of sulfonamides is 1. The Balaban J connectivity index is 0.00000280. The number of amides is 1. The molecule has 28 heavy (non-hydrogen) atoms. The number of nitrogens with two attached hydrogens (primary N) is 1. The van der Waals surface area contributed by atoms with E-state index in [-0.39, 0.29) is 24.4 Å². The van der Waals surface area contributed by atoms with Crippen LogP contribution in [0.1, 0.15) is 50.5 Å².